The van der Waals surface area contributed by atoms with Crippen LogP contribution in [0.2, 0.25) is 0 Å². The van der Waals surface area contributed by atoms with E-state index in [4.69, 9.17) is 4.74 Å². The summed E-state index contributed by atoms with van der Waals surface area (Å²) in [5.74, 6) is 0.605. The van der Waals surface area contributed by atoms with E-state index in [-0.39, 0.29) is 24.3 Å². The van der Waals surface area contributed by atoms with Gasteiger partial charge in [-0.25, -0.2) is 0 Å². The highest BCUT2D eigenvalue weighted by atomic mass is 16.5. The van der Waals surface area contributed by atoms with Crippen LogP contribution in [-0.2, 0) is 16.0 Å². The second-order valence-corrected chi connectivity index (χ2v) is 6.61. The molecule has 2 N–H and O–H groups in total. The summed E-state index contributed by atoms with van der Waals surface area (Å²) in [6.45, 7) is 2.59. The Morgan fingerprint density at radius 3 is 2.69 bits per heavy atom. The second-order valence-electron chi connectivity index (χ2n) is 6.61. The first kappa shape index (κ1) is 18.0. The van der Waals surface area contributed by atoms with E-state index in [2.05, 4.69) is 29.7 Å². The standard InChI is InChI=1S/C21H24N2O3/c1-15-5-2-3-6-16(15)11-12-22-20(24)14-26-19-8-4-7-18(13-19)23-21(25)17-9-10-17/h2-8,13,17H,9-12,14H2,1H3,(H,22,24)(H,23,25). The van der Waals surface area contributed by atoms with Crippen LogP contribution in [-0.4, -0.2) is 25.0 Å². The van der Waals surface area contributed by atoms with Crippen molar-refractivity contribution in [2.45, 2.75) is 26.2 Å². The van der Waals surface area contributed by atoms with E-state index in [1.165, 1.54) is 11.1 Å². The van der Waals surface area contributed by atoms with Gasteiger partial charge in [-0.1, -0.05) is 30.3 Å². The van der Waals surface area contributed by atoms with E-state index in [0.717, 1.165) is 19.3 Å². The molecule has 2 amide bonds. The maximum Gasteiger partial charge on any atom is 0.257 e. The Morgan fingerprint density at radius 2 is 1.92 bits per heavy atom. The van der Waals surface area contributed by atoms with E-state index >= 15 is 0 Å². The van der Waals surface area contributed by atoms with E-state index in [0.29, 0.717) is 18.0 Å². The van der Waals surface area contributed by atoms with E-state index in [1.807, 2.05) is 18.2 Å². The molecule has 0 heterocycles. The van der Waals surface area contributed by atoms with Crippen LogP contribution < -0.4 is 15.4 Å². The zero-order valence-electron chi connectivity index (χ0n) is 15.0. The summed E-state index contributed by atoms with van der Waals surface area (Å²) in [6, 6.07) is 15.3. The quantitative estimate of drug-likeness (QED) is 0.767. The summed E-state index contributed by atoms with van der Waals surface area (Å²) in [6.07, 6.45) is 2.72. The van der Waals surface area contributed by atoms with Crippen molar-refractivity contribution in [2.75, 3.05) is 18.5 Å². The van der Waals surface area contributed by atoms with Crippen LogP contribution in [0.4, 0.5) is 5.69 Å². The van der Waals surface area contributed by atoms with Gasteiger partial charge in [0.05, 0.1) is 0 Å². The average molecular weight is 352 g/mol. The lowest BCUT2D eigenvalue weighted by atomic mass is 10.1. The van der Waals surface area contributed by atoms with Gasteiger partial charge in [-0.3, -0.25) is 9.59 Å². The molecule has 0 radical (unpaired) electrons. The Hall–Kier alpha value is -2.82. The molecular formula is C21H24N2O3. The van der Waals surface area contributed by atoms with Gasteiger partial charge in [0.25, 0.3) is 5.91 Å². The molecule has 5 heteroatoms. The number of nitrogens with one attached hydrogen (secondary N) is 2. The SMILES string of the molecule is Cc1ccccc1CCNC(=O)COc1cccc(NC(=O)C2CC2)c1. The Labute approximate surface area is 153 Å². The van der Waals surface area contributed by atoms with Gasteiger partial charge in [-0.2, -0.15) is 0 Å². The van der Waals surface area contributed by atoms with Gasteiger partial charge < -0.3 is 15.4 Å². The van der Waals surface area contributed by atoms with Gasteiger partial charge in [0.15, 0.2) is 6.61 Å². The van der Waals surface area contributed by atoms with Gasteiger partial charge in [-0.15, -0.1) is 0 Å². The molecule has 1 saturated carbocycles. The lowest BCUT2D eigenvalue weighted by Crippen LogP contribution is -2.30. The third kappa shape index (κ3) is 5.34. The summed E-state index contributed by atoms with van der Waals surface area (Å²) in [7, 11) is 0. The summed E-state index contributed by atoms with van der Waals surface area (Å²) >= 11 is 0. The third-order valence-corrected chi connectivity index (χ3v) is 4.40. The molecule has 3 rings (SSSR count). The largest absolute Gasteiger partial charge is 0.484 e. The summed E-state index contributed by atoms with van der Waals surface area (Å²) < 4.78 is 5.53. The lowest BCUT2D eigenvalue weighted by Gasteiger charge is -2.10. The van der Waals surface area contributed by atoms with Crippen LogP contribution in [0.3, 0.4) is 0 Å². The number of hydrogen-bond donors (Lipinski definition) is 2. The number of benzene rings is 2. The fourth-order valence-electron chi connectivity index (χ4n) is 2.68. The van der Waals surface area contributed by atoms with Crippen LogP contribution in [0.1, 0.15) is 24.0 Å². The Balaban J connectivity index is 1.41. The molecule has 1 aliphatic carbocycles. The number of aryl methyl sites for hydroxylation is 1. The van der Waals surface area contributed by atoms with Crippen molar-refractivity contribution >= 4 is 17.5 Å². The monoisotopic (exact) mass is 352 g/mol. The minimum Gasteiger partial charge on any atom is -0.484 e. The van der Waals surface area contributed by atoms with Gasteiger partial charge in [0, 0.05) is 24.2 Å². The van der Waals surface area contributed by atoms with Crippen LogP contribution >= 0.6 is 0 Å². The number of hydrogen-bond acceptors (Lipinski definition) is 3. The maximum absolute atomic E-state index is 11.9. The molecule has 1 aliphatic rings. The highest BCUT2D eigenvalue weighted by molar-refractivity contribution is 5.94. The van der Waals surface area contributed by atoms with E-state index < -0.39 is 0 Å². The smallest absolute Gasteiger partial charge is 0.257 e. The molecule has 0 spiro atoms. The number of amides is 2. The lowest BCUT2D eigenvalue weighted by molar-refractivity contribution is -0.123. The topological polar surface area (TPSA) is 67.4 Å². The molecule has 1 fully saturated rings. The average Bonchev–Trinajstić information content (AvgIpc) is 3.47. The van der Waals surface area contributed by atoms with Gasteiger partial charge in [0.1, 0.15) is 5.75 Å². The van der Waals surface area contributed by atoms with Crippen LogP contribution in [0.25, 0.3) is 0 Å². The molecule has 0 bridgehead atoms. The molecule has 0 aliphatic heterocycles. The minimum atomic E-state index is -0.161. The van der Waals surface area contributed by atoms with Gasteiger partial charge >= 0.3 is 0 Å². The van der Waals surface area contributed by atoms with Gasteiger partial charge in [0.2, 0.25) is 5.91 Å². The second kappa shape index (κ2) is 8.52. The highest BCUT2D eigenvalue weighted by Crippen LogP contribution is 2.30. The van der Waals surface area contributed by atoms with Crippen molar-refractivity contribution in [1.82, 2.24) is 5.32 Å². The van der Waals surface area contributed by atoms with Crippen molar-refractivity contribution in [3.8, 4) is 5.75 Å². The van der Waals surface area contributed by atoms with Crippen LogP contribution in [0, 0.1) is 12.8 Å². The van der Waals surface area contributed by atoms with Crippen molar-refractivity contribution in [1.29, 1.82) is 0 Å². The van der Waals surface area contributed by atoms with E-state index in [1.54, 1.807) is 18.2 Å². The zero-order valence-corrected chi connectivity index (χ0v) is 15.0. The minimum absolute atomic E-state index is 0.0478. The molecule has 2 aromatic carbocycles. The molecule has 26 heavy (non-hydrogen) atoms. The Bertz CT molecular complexity index is 784. The maximum atomic E-state index is 11.9. The summed E-state index contributed by atoms with van der Waals surface area (Å²) in [5, 5.41) is 5.74. The highest BCUT2D eigenvalue weighted by Gasteiger charge is 2.29. The number of carbonyl (C=O) groups excluding carboxylic acids is 2. The predicted octanol–water partition coefficient (Wildman–Crippen LogP) is 3.08. The molecular weight excluding hydrogens is 328 g/mol. The predicted molar refractivity (Wildman–Crippen MR) is 101 cm³/mol. The van der Waals surface area contributed by atoms with E-state index in [9.17, 15) is 9.59 Å². The molecule has 0 aromatic heterocycles. The molecule has 0 saturated heterocycles. The van der Waals surface area contributed by atoms with Gasteiger partial charge in [-0.05, 0) is 49.4 Å². The summed E-state index contributed by atoms with van der Waals surface area (Å²) in [4.78, 5) is 23.7. The fraction of sp³-hybridized carbons (Fsp3) is 0.333. The zero-order chi connectivity index (χ0) is 18.4. The normalized spacial score (nSPS) is 13.1. The number of ether oxygens (including phenoxy) is 1. The Kier molecular flexibility index (Phi) is 5.89. The van der Waals surface area contributed by atoms with Crippen molar-refractivity contribution in [3.05, 3.63) is 59.7 Å². The summed E-state index contributed by atoms with van der Waals surface area (Å²) in [5.41, 5.74) is 3.15. The first-order valence-electron chi connectivity index (χ1n) is 8.97. The molecule has 136 valence electrons. The third-order valence-electron chi connectivity index (χ3n) is 4.40. The van der Waals surface area contributed by atoms with Crippen molar-refractivity contribution in [2.24, 2.45) is 5.92 Å². The number of anilines is 1. The van der Waals surface area contributed by atoms with Crippen molar-refractivity contribution in [3.63, 3.8) is 0 Å². The first-order valence-corrected chi connectivity index (χ1v) is 8.97. The van der Waals surface area contributed by atoms with Crippen LogP contribution in [0.5, 0.6) is 5.75 Å². The van der Waals surface area contributed by atoms with Crippen molar-refractivity contribution < 1.29 is 14.3 Å². The molecule has 0 atom stereocenters. The molecule has 2 aromatic rings. The van der Waals surface area contributed by atoms with Crippen LogP contribution in [0.15, 0.2) is 48.5 Å². The Morgan fingerprint density at radius 1 is 1.12 bits per heavy atom. The first-order chi connectivity index (χ1) is 12.6. The molecule has 0 unspecified atom stereocenters. The molecule has 5 nitrogen and oxygen atoms in total. The fourth-order valence-corrected chi connectivity index (χ4v) is 2.68. The number of rotatable bonds is 8. The number of carbonyl (C=O) groups is 2.